The van der Waals surface area contributed by atoms with Gasteiger partial charge < -0.3 is 5.32 Å². The molecule has 0 saturated carbocycles. The summed E-state index contributed by atoms with van der Waals surface area (Å²) in [5, 5.41) is 6.88. The van der Waals surface area contributed by atoms with Gasteiger partial charge in [0.15, 0.2) is 5.65 Å². The van der Waals surface area contributed by atoms with Gasteiger partial charge in [0.2, 0.25) is 0 Å². The second-order valence-corrected chi connectivity index (χ2v) is 6.90. The minimum absolute atomic E-state index is 0.0757. The molecule has 160 valence electrons. The van der Waals surface area contributed by atoms with Crippen LogP contribution in [0.1, 0.15) is 54.2 Å². The van der Waals surface area contributed by atoms with Crippen molar-refractivity contribution in [2.24, 2.45) is 0 Å². The summed E-state index contributed by atoms with van der Waals surface area (Å²) in [7, 11) is 0. The van der Waals surface area contributed by atoms with Gasteiger partial charge in [-0.25, -0.2) is 18.3 Å². The van der Waals surface area contributed by atoms with Crippen LogP contribution in [0.4, 0.5) is 17.6 Å². The summed E-state index contributed by atoms with van der Waals surface area (Å²) in [6, 6.07) is 4.67. The van der Waals surface area contributed by atoms with E-state index in [-0.39, 0.29) is 22.7 Å². The van der Waals surface area contributed by atoms with Crippen molar-refractivity contribution in [1.29, 1.82) is 0 Å². The van der Waals surface area contributed by atoms with Crippen molar-refractivity contribution in [3.05, 3.63) is 69.5 Å². The minimum Gasteiger partial charge on any atom is -0.352 e. The molecular weight excluding hydrogens is 404 g/mol. The first kappa shape index (κ1) is 21.5. The monoisotopic (exact) mass is 424 g/mol. The second kappa shape index (κ2) is 8.29. The molecule has 0 aliphatic carbocycles. The van der Waals surface area contributed by atoms with Gasteiger partial charge in [-0.1, -0.05) is 19.4 Å². The predicted molar refractivity (Wildman–Crippen MR) is 102 cm³/mol. The van der Waals surface area contributed by atoms with Crippen LogP contribution in [0.25, 0.3) is 5.65 Å². The van der Waals surface area contributed by atoms with Crippen LogP contribution in [0.3, 0.4) is 0 Å². The molecular formula is C20H20F4N4O2. The Hall–Kier alpha value is -3.17. The molecule has 0 bridgehead atoms. The number of pyridine rings is 1. The third-order valence-electron chi connectivity index (χ3n) is 4.76. The Balaban J connectivity index is 1.96. The van der Waals surface area contributed by atoms with E-state index in [0.717, 1.165) is 21.9 Å². The summed E-state index contributed by atoms with van der Waals surface area (Å²) in [6.45, 7) is 3.98. The summed E-state index contributed by atoms with van der Waals surface area (Å²) in [6.07, 6.45) is -1.78. The Labute approximate surface area is 169 Å². The van der Waals surface area contributed by atoms with E-state index in [4.69, 9.17) is 0 Å². The molecule has 0 fully saturated rings. The van der Waals surface area contributed by atoms with Crippen molar-refractivity contribution in [2.75, 3.05) is 6.54 Å². The summed E-state index contributed by atoms with van der Waals surface area (Å²) < 4.78 is 54.7. The van der Waals surface area contributed by atoms with Crippen LogP contribution < -0.4 is 11.0 Å². The topological polar surface area (TPSA) is 68.4 Å². The molecule has 1 amide bonds. The van der Waals surface area contributed by atoms with Gasteiger partial charge in [-0.15, -0.1) is 5.10 Å². The van der Waals surface area contributed by atoms with Crippen LogP contribution in [-0.2, 0) is 6.18 Å². The number of benzene rings is 1. The summed E-state index contributed by atoms with van der Waals surface area (Å²) in [5.74, 6) is -1.73. The van der Waals surface area contributed by atoms with Gasteiger partial charge in [0.25, 0.3) is 5.91 Å². The lowest BCUT2D eigenvalue weighted by atomic mass is 10.0. The van der Waals surface area contributed by atoms with Crippen LogP contribution in [-0.4, -0.2) is 26.6 Å². The number of nitrogens with zero attached hydrogens (tertiary/aromatic N) is 3. The first-order chi connectivity index (χ1) is 14.1. The predicted octanol–water partition coefficient (Wildman–Crippen LogP) is 3.79. The van der Waals surface area contributed by atoms with Crippen LogP contribution in [0.15, 0.2) is 41.3 Å². The third kappa shape index (κ3) is 4.22. The first-order valence-electron chi connectivity index (χ1n) is 9.39. The molecule has 3 rings (SSSR count). The van der Waals surface area contributed by atoms with E-state index in [9.17, 15) is 27.2 Å². The number of fused-ring (bicyclic) bond motifs is 1. The number of alkyl halides is 3. The van der Waals surface area contributed by atoms with Crippen molar-refractivity contribution < 1.29 is 22.4 Å². The molecule has 0 spiro atoms. The number of hydrogen-bond acceptors (Lipinski definition) is 3. The Kier molecular flexibility index (Phi) is 5.95. The fourth-order valence-electron chi connectivity index (χ4n) is 3.02. The first-order valence-corrected chi connectivity index (χ1v) is 9.39. The standard InChI is InChI=1S/C20H20F4N4O2/c1-3-4-9-25-18(29)14-6-8-17-26-28(19(30)27(17)11-14)12(2)13-5-7-16(21)15(10-13)20(22,23)24/h5-8,10-12H,3-4,9H2,1-2H3,(H,25,29)/t12-/m0/s1. The van der Waals surface area contributed by atoms with E-state index in [1.54, 1.807) is 0 Å². The van der Waals surface area contributed by atoms with Gasteiger partial charge >= 0.3 is 11.9 Å². The van der Waals surface area contributed by atoms with Crippen LogP contribution in [0.2, 0.25) is 0 Å². The van der Waals surface area contributed by atoms with Gasteiger partial charge in [-0.3, -0.25) is 4.79 Å². The molecule has 2 heterocycles. The molecule has 0 radical (unpaired) electrons. The fourth-order valence-corrected chi connectivity index (χ4v) is 3.02. The van der Waals surface area contributed by atoms with Crippen LogP contribution in [0.5, 0.6) is 0 Å². The molecule has 0 saturated heterocycles. The molecule has 2 aromatic heterocycles. The van der Waals surface area contributed by atoms with E-state index in [1.807, 2.05) is 6.92 Å². The maximum absolute atomic E-state index is 13.6. The van der Waals surface area contributed by atoms with E-state index in [0.29, 0.717) is 18.7 Å². The molecule has 3 aromatic rings. The van der Waals surface area contributed by atoms with Gasteiger partial charge in [-0.05, 0) is 43.2 Å². The van der Waals surface area contributed by atoms with E-state index < -0.39 is 29.3 Å². The van der Waals surface area contributed by atoms with Gasteiger partial charge in [-0.2, -0.15) is 13.2 Å². The Morgan fingerprint density at radius 2 is 1.97 bits per heavy atom. The highest BCUT2D eigenvalue weighted by Gasteiger charge is 2.34. The number of aromatic nitrogens is 3. The zero-order chi connectivity index (χ0) is 22.1. The maximum Gasteiger partial charge on any atom is 0.419 e. The van der Waals surface area contributed by atoms with E-state index >= 15 is 0 Å². The average Bonchev–Trinajstić information content (AvgIpc) is 3.03. The number of carbonyl (C=O) groups excluding carboxylic acids is 1. The normalized spacial score (nSPS) is 12.9. The molecule has 1 N–H and O–H groups in total. The molecule has 10 heteroatoms. The molecule has 1 atom stereocenters. The number of rotatable bonds is 6. The van der Waals surface area contributed by atoms with Crippen LogP contribution in [0, 0.1) is 5.82 Å². The summed E-state index contributed by atoms with van der Waals surface area (Å²) >= 11 is 0. The fraction of sp³-hybridized carbons (Fsp3) is 0.350. The van der Waals surface area contributed by atoms with Crippen molar-refractivity contribution in [3.8, 4) is 0 Å². The average molecular weight is 424 g/mol. The summed E-state index contributed by atoms with van der Waals surface area (Å²) in [4.78, 5) is 25.0. The van der Waals surface area contributed by atoms with E-state index in [2.05, 4.69) is 10.4 Å². The van der Waals surface area contributed by atoms with Gasteiger partial charge in [0.1, 0.15) is 5.82 Å². The van der Waals surface area contributed by atoms with Crippen molar-refractivity contribution in [3.63, 3.8) is 0 Å². The lowest BCUT2D eigenvalue weighted by Gasteiger charge is -2.14. The number of hydrogen-bond donors (Lipinski definition) is 1. The zero-order valence-corrected chi connectivity index (χ0v) is 16.3. The number of halogens is 4. The lowest BCUT2D eigenvalue weighted by molar-refractivity contribution is -0.140. The van der Waals surface area contributed by atoms with E-state index in [1.165, 1.54) is 31.3 Å². The largest absolute Gasteiger partial charge is 0.419 e. The van der Waals surface area contributed by atoms with Crippen molar-refractivity contribution >= 4 is 11.6 Å². The molecule has 6 nitrogen and oxygen atoms in total. The number of carbonyl (C=O) groups is 1. The third-order valence-corrected chi connectivity index (χ3v) is 4.76. The number of unbranched alkanes of at least 4 members (excludes halogenated alkanes) is 1. The van der Waals surface area contributed by atoms with Crippen molar-refractivity contribution in [2.45, 2.75) is 38.9 Å². The smallest absolute Gasteiger partial charge is 0.352 e. The Bertz CT molecular complexity index is 1130. The SMILES string of the molecule is CCCCNC(=O)c1ccc2nn([C@@H](C)c3ccc(F)c(C(F)(F)F)c3)c(=O)n2c1. The van der Waals surface area contributed by atoms with Gasteiger partial charge in [0.05, 0.1) is 17.2 Å². The number of amides is 1. The molecule has 0 aliphatic heterocycles. The molecule has 30 heavy (non-hydrogen) atoms. The Morgan fingerprint density at radius 3 is 2.63 bits per heavy atom. The molecule has 1 aromatic carbocycles. The highest BCUT2D eigenvalue weighted by Crippen LogP contribution is 2.33. The quantitative estimate of drug-likeness (QED) is 0.484. The molecule has 0 unspecified atom stereocenters. The minimum atomic E-state index is -4.86. The second-order valence-electron chi connectivity index (χ2n) is 6.90. The lowest BCUT2D eigenvalue weighted by Crippen LogP contribution is -2.27. The highest BCUT2D eigenvalue weighted by molar-refractivity contribution is 5.94. The van der Waals surface area contributed by atoms with Crippen LogP contribution >= 0.6 is 0 Å². The highest BCUT2D eigenvalue weighted by atomic mass is 19.4. The summed E-state index contributed by atoms with van der Waals surface area (Å²) in [5.41, 5.74) is -1.47. The zero-order valence-electron chi connectivity index (χ0n) is 16.3. The Morgan fingerprint density at radius 1 is 1.23 bits per heavy atom. The molecule has 0 aliphatic rings. The maximum atomic E-state index is 13.6. The van der Waals surface area contributed by atoms with Crippen molar-refractivity contribution in [1.82, 2.24) is 19.5 Å². The van der Waals surface area contributed by atoms with Gasteiger partial charge in [0, 0.05) is 12.7 Å². The number of nitrogens with one attached hydrogen (secondary N) is 1.